The van der Waals surface area contributed by atoms with Gasteiger partial charge in [-0.2, -0.15) is 5.11 Å². The maximum Gasteiger partial charge on any atom is 0.320 e. The smallest absolute Gasteiger partial charge is 0.320 e. The first-order valence-corrected chi connectivity index (χ1v) is 13.8. The highest BCUT2D eigenvalue weighted by atomic mass is 35.5. The molecule has 12 heteroatoms. The fourth-order valence-corrected chi connectivity index (χ4v) is 4.04. The van der Waals surface area contributed by atoms with Crippen LogP contribution < -0.4 is 4.90 Å². The van der Waals surface area contributed by atoms with E-state index in [1.165, 1.54) is 18.2 Å². The molecule has 0 bridgehead atoms. The lowest BCUT2D eigenvalue weighted by Crippen LogP contribution is -2.28. The molecule has 2 aromatic rings. The van der Waals surface area contributed by atoms with Crippen LogP contribution in [0.4, 0.5) is 22.7 Å². The molecular formula is C28H37ClN4O7. The lowest BCUT2D eigenvalue weighted by Gasteiger charge is -2.23. The molecule has 0 aliphatic rings. The molecule has 0 aliphatic carbocycles. The zero-order valence-corrected chi connectivity index (χ0v) is 24.0. The van der Waals surface area contributed by atoms with Crippen molar-refractivity contribution in [2.45, 2.75) is 46.5 Å². The number of carbonyl (C=O) groups excluding carboxylic acids is 2. The molecule has 218 valence electrons. The van der Waals surface area contributed by atoms with Crippen LogP contribution in [-0.2, 0) is 23.8 Å². The van der Waals surface area contributed by atoms with Crippen molar-refractivity contribution in [2.75, 3.05) is 44.4 Å². The van der Waals surface area contributed by atoms with Crippen LogP contribution in [0, 0.1) is 16.0 Å². The van der Waals surface area contributed by atoms with Crippen molar-refractivity contribution in [1.82, 2.24) is 0 Å². The molecule has 2 rings (SSSR count). The minimum atomic E-state index is -0.869. The molecule has 0 atom stereocenters. The summed E-state index contributed by atoms with van der Waals surface area (Å²) >= 11 is 6.07. The summed E-state index contributed by atoms with van der Waals surface area (Å²) in [6.07, 6.45) is 2.75. The second kappa shape index (κ2) is 17.9. The average molecular weight is 577 g/mol. The number of anilines is 1. The molecule has 0 aliphatic heterocycles. The van der Waals surface area contributed by atoms with E-state index in [4.69, 9.17) is 25.8 Å². The third-order valence-electron chi connectivity index (χ3n) is 5.94. The molecular weight excluding hydrogens is 540 g/mol. The van der Waals surface area contributed by atoms with E-state index in [2.05, 4.69) is 22.1 Å². The number of nitro groups is 1. The third-order valence-corrected chi connectivity index (χ3v) is 6.24. The molecule has 0 saturated heterocycles. The molecule has 0 aromatic heterocycles. The zero-order valence-electron chi connectivity index (χ0n) is 23.2. The number of unbranched alkanes of at least 4 members (excludes halogenated alkanes) is 2. The molecule has 0 amide bonds. The Morgan fingerprint density at radius 3 is 2.20 bits per heavy atom. The van der Waals surface area contributed by atoms with E-state index in [9.17, 15) is 19.7 Å². The van der Waals surface area contributed by atoms with E-state index in [1.54, 1.807) is 13.8 Å². The number of hydrogen-bond donors (Lipinski definition) is 0. The largest absolute Gasteiger partial charge is 0.465 e. The minimum Gasteiger partial charge on any atom is -0.465 e. The number of azo groups is 1. The van der Waals surface area contributed by atoms with Gasteiger partial charge in [-0.25, -0.2) is 0 Å². The van der Waals surface area contributed by atoms with Crippen LogP contribution in [0.15, 0.2) is 52.7 Å². The van der Waals surface area contributed by atoms with Gasteiger partial charge in [-0.1, -0.05) is 24.4 Å². The van der Waals surface area contributed by atoms with Gasteiger partial charge in [0.2, 0.25) is 0 Å². The molecule has 0 saturated carbocycles. The summed E-state index contributed by atoms with van der Waals surface area (Å²) in [5.41, 5.74) is 1.88. The van der Waals surface area contributed by atoms with E-state index in [-0.39, 0.29) is 23.9 Å². The van der Waals surface area contributed by atoms with Crippen LogP contribution in [0.5, 0.6) is 0 Å². The van der Waals surface area contributed by atoms with E-state index in [0.29, 0.717) is 44.0 Å². The lowest BCUT2D eigenvalue weighted by atomic mass is 10.0. The summed E-state index contributed by atoms with van der Waals surface area (Å²) < 4.78 is 15.8. The maximum absolute atomic E-state index is 12.0. The van der Waals surface area contributed by atoms with E-state index in [0.717, 1.165) is 25.1 Å². The average Bonchev–Trinajstić information content (AvgIpc) is 2.94. The van der Waals surface area contributed by atoms with Crippen molar-refractivity contribution in [2.24, 2.45) is 16.1 Å². The summed E-state index contributed by atoms with van der Waals surface area (Å²) in [7, 11) is 0. The number of esters is 2. The van der Waals surface area contributed by atoms with Gasteiger partial charge in [0.1, 0.15) is 5.69 Å². The predicted octanol–water partition coefficient (Wildman–Crippen LogP) is 6.81. The normalized spacial score (nSPS) is 11.1. The Balaban J connectivity index is 1.73. The van der Waals surface area contributed by atoms with Crippen molar-refractivity contribution >= 4 is 46.3 Å². The minimum absolute atomic E-state index is 0.104. The first kappa shape index (κ1) is 32.6. The molecule has 0 radical (unpaired) electrons. The van der Waals surface area contributed by atoms with Crippen LogP contribution in [0.25, 0.3) is 0 Å². The van der Waals surface area contributed by atoms with Gasteiger partial charge in [0.05, 0.1) is 35.5 Å². The van der Waals surface area contributed by atoms with Gasteiger partial charge in [0.25, 0.3) is 5.69 Å². The molecule has 0 spiro atoms. The molecule has 0 heterocycles. The maximum atomic E-state index is 12.0. The standard InChI is InChI=1S/C28H37ClN4O7/c1-4-32(17-19-38-18-9-7-8-10-24(27(34)39-5-2)28(35)40-6-3)22-13-11-21(12-14-22)30-31-26-16-15-23(33(36)37)20-25(26)29/h11-16,20,24H,4-10,17-19H2,1-3H3. The molecule has 0 unspecified atom stereocenters. The number of nitro benzene ring substituents is 1. The van der Waals surface area contributed by atoms with Crippen molar-refractivity contribution in [3.63, 3.8) is 0 Å². The second-order valence-electron chi connectivity index (χ2n) is 8.71. The fraction of sp³-hybridized carbons (Fsp3) is 0.500. The zero-order chi connectivity index (χ0) is 29.3. The molecule has 2 aromatic carbocycles. The van der Waals surface area contributed by atoms with Crippen LogP contribution in [0.1, 0.15) is 46.5 Å². The van der Waals surface area contributed by atoms with Gasteiger partial charge in [-0.3, -0.25) is 19.7 Å². The Hall–Kier alpha value is -3.57. The number of ether oxygens (including phenoxy) is 3. The van der Waals surface area contributed by atoms with Crippen molar-refractivity contribution in [3.05, 3.63) is 57.6 Å². The monoisotopic (exact) mass is 576 g/mol. The lowest BCUT2D eigenvalue weighted by molar-refractivity contribution is -0.384. The number of hydrogen-bond acceptors (Lipinski definition) is 10. The fourth-order valence-electron chi connectivity index (χ4n) is 3.83. The number of benzene rings is 2. The Bertz CT molecular complexity index is 1110. The van der Waals surface area contributed by atoms with Crippen molar-refractivity contribution in [1.29, 1.82) is 0 Å². The Morgan fingerprint density at radius 2 is 1.62 bits per heavy atom. The molecule has 40 heavy (non-hydrogen) atoms. The summed E-state index contributed by atoms with van der Waals surface area (Å²) in [5, 5.41) is 19.3. The van der Waals surface area contributed by atoms with E-state index >= 15 is 0 Å². The molecule has 0 N–H and O–H groups in total. The van der Waals surface area contributed by atoms with Crippen LogP contribution in [0.2, 0.25) is 5.02 Å². The quantitative estimate of drug-likeness (QED) is 0.0472. The Morgan fingerprint density at radius 1 is 0.950 bits per heavy atom. The summed E-state index contributed by atoms with van der Waals surface area (Å²) in [6.45, 7) is 8.60. The highest BCUT2D eigenvalue weighted by Gasteiger charge is 2.28. The van der Waals surface area contributed by atoms with Crippen molar-refractivity contribution < 1.29 is 28.7 Å². The van der Waals surface area contributed by atoms with Crippen LogP contribution >= 0.6 is 11.6 Å². The Kier molecular flexibility index (Phi) is 14.6. The van der Waals surface area contributed by atoms with Gasteiger partial charge in [-0.05, 0) is 63.9 Å². The predicted molar refractivity (Wildman–Crippen MR) is 153 cm³/mol. The summed E-state index contributed by atoms with van der Waals surface area (Å²) in [4.78, 5) is 36.6. The van der Waals surface area contributed by atoms with Gasteiger partial charge in [-0.15, -0.1) is 5.11 Å². The number of likely N-dealkylation sites (N-methyl/N-ethyl adjacent to an activating group) is 1. The number of halogens is 1. The number of rotatable bonds is 18. The van der Waals surface area contributed by atoms with E-state index in [1.807, 2.05) is 24.3 Å². The number of carbonyl (C=O) groups is 2. The topological polar surface area (TPSA) is 133 Å². The van der Waals surface area contributed by atoms with Gasteiger partial charge >= 0.3 is 11.9 Å². The van der Waals surface area contributed by atoms with Crippen LogP contribution in [-0.4, -0.2) is 56.4 Å². The summed E-state index contributed by atoms with van der Waals surface area (Å²) in [6, 6.07) is 11.6. The molecule has 11 nitrogen and oxygen atoms in total. The highest BCUT2D eigenvalue weighted by Crippen LogP contribution is 2.30. The Labute approximate surface area is 239 Å². The third kappa shape index (κ3) is 10.9. The van der Waals surface area contributed by atoms with Gasteiger partial charge in [0.15, 0.2) is 5.92 Å². The number of non-ortho nitro benzene ring substituents is 1. The highest BCUT2D eigenvalue weighted by molar-refractivity contribution is 6.33. The van der Waals surface area contributed by atoms with Gasteiger partial charge in [0, 0.05) is 37.5 Å². The van der Waals surface area contributed by atoms with E-state index < -0.39 is 22.8 Å². The summed E-state index contributed by atoms with van der Waals surface area (Å²) in [5.74, 6) is -1.92. The van der Waals surface area contributed by atoms with Crippen molar-refractivity contribution in [3.8, 4) is 0 Å². The van der Waals surface area contributed by atoms with Gasteiger partial charge < -0.3 is 19.1 Å². The first-order valence-electron chi connectivity index (χ1n) is 13.4. The second-order valence-corrected chi connectivity index (χ2v) is 9.11. The molecule has 0 fully saturated rings. The van der Waals surface area contributed by atoms with Crippen LogP contribution in [0.3, 0.4) is 0 Å². The first-order chi connectivity index (χ1) is 19.3. The SMILES string of the molecule is CCOC(=O)C(CCCCCOCCN(CC)c1ccc(N=Nc2ccc([N+](=O)[O-])cc2Cl)cc1)C(=O)OCC. The number of nitrogens with zero attached hydrogens (tertiary/aromatic N) is 4.